The lowest BCUT2D eigenvalue weighted by molar-refractivity contribution is 0.612. The van der Waals surface area contributed by atoms with Gasteiger partial charge in [-0.3, -0.25) is 5.84 Å². The average molecular weight is 244 g/mol. The van der Waals surface area contributed by atoms with Crippen molar-refractivity contribution in [3.8, 4) is 0 Å². The summed E-state index contributed by atoms with van der Waals surface area (Å²) in [5.74, 6) is 5.42. The van der Waals surface area contributed by atoms with Crippen LogP contribution in [0.1, 0.15) is 28.3 Å². The number of hydrogen-bond acceptors (Lipinski definition) is 2. The lowest BCUT2D eigenvalue weighted by Crippen LogP contribution is -2.29. The Morgan fingerprint density at radius 3 is 2.50 bits per heavy atom. The molecule has 0 saturated heterocycles. The van der Waals surface area contributed by atoms with E-state index < -0.39 is 0 Å². The quantitative estimate of drug-likeness (QED) is 0.643. The molecule has 0 aliphatic carbocycles. The van der Waals surface area contributed by atoms with Gasteiger partial charge in [0.25, 0.3) is 0 Å². The molecule has 2 nitrogen and oxygen atoms in total. The lowest BCUT2D eigenvalue weighted by atomic mass is 9.94. The molecule has 2 aromatic rings. The zero-order valence-corrected chi connectivity index (χ0v) is 10.6. The molecule has 3 heteroatoms. The van der Waals surface area contributed by atoms with Crippen LogP contribution in [0.3, 0.4) is 0 Å². The van der Waals surface area contributed by atoms with Crippen molar-refractivity contribution in [3.63, 3.8) is 0 Å². The van der Waals surface area contributed by atoms with E-state index in [0.717, 1.165) is 16.7 Å². The van der Waals surface area contributed by atoms with Crippen LogP contribution in [-0.2, 0) is 0 Å². The van der Waals surface area contributed by atoms with Crippen molar-refractivity contribution in [1.82, 2.24) is 5.43 Å². The van der Waals surface area contributed by atoms with E-state index in [0.29, 0.717) is 0 Å². The minimum absolute atomic E-state index is 0.120. The summed E-state index contributed by atoms with van der Waals surface area (Å²) in [6.45, 7) is 3.92. The summed E-state index contributed by atoms with van der Waals surface area (Å²) in [4.78, 5) is 0. The van der Waals surface area contributed by atoms with Gasteiger partial charge in [0.2, 0.25) is 0 Å². The number of hydrogen-bond donors (Lipinski definition) is 2. The number of rotatable bonds is 3. The van der Waals surface area contributed by atoms with E-state index in [9.17, 15) is 4.39 Å². The molecule has 0 amide bonds. The van der Waals surface area contributed by atoms with Crippen LogP contribution in [0, 0.1) is 19.7 Å². The maximum Gasteiger partial charge on any atom is 0.123 e. The lowest BCUT2D eigenvalue weighted by Gasteiger charge is -2.19. The fourth-order valence-corrected chi connectivity index (χ4v) is 2.18. The largest absolute Gasteiger partial charge is 0.271 e. The minimum atomic E-state index is -0.226. The van der Waals surface area contributed by atoms with E-state index >= 15 is 0 Å². The predicted molar refractivity (Wildman–Crippen MR) is 71.5 cm³/mol. The topological polar surface area (TPSA) is 38.0 Å². The second-order valence-electron chi connectivity index (χ2n) is 4.51. The smallest absolute Gasteiger partial charge is 0.123 e. The van der Waals surface area contributed by atoms with Crippen LogP contribution < -0.4 is 11.3 Å². The summed E-state index contributed by atoms with van der Waals surface area (Å²) in [7, 11) is 0. The Morgan fingerprint density at radius 1 is 1.11 bits per heavy atom. The summed E-state index contributed by atoms with van der Waals surface area (Å²) in [5.41, 5.74) is 6.93. The Bertz CT molecular complexity index is 552. The molecule has 0 spiro atoms. The highest BCUT2D eigenvalue weighted by molar-refractivity contribution is 5.38. The van der Waals surface area contributed by atoms with Crippen molar-refractivity contribution in [2.24, 2.45) is 5.84 Å². The summed E-state index contributed by atoms with van der Waals surface area (Å²) in [5, 5.41) is 0. The number of nitrogens with two attached hydrogens (primary N) is 1. The van der Waals surface area contributed by atoms with Crippen LogP contribution in [0.25, 0.3) is 0 Å². The SMILES string of the molecule is Cc1cccc(C(NN)c2ccc(F)cc2C)c1. The van der Waals surface area contributed by atoms with Crippen molar-refractivity contribution in [3.05, 3.63) is 70.5 Å². The molecule has 0 heterocycles. The average Bonchev–Trinajstić information content (AvgIpc) is 2.33. The maximum absolute atomic E-state index is 13.1. The molecule has 1 unspecified atom stereocenters. The van der Waals surface area contributed by atoms with Crippen LogP contribution >= 0.6 is 0 Å². The maximum atomic E-state index is 13.1. The molecular weight excluding hydrogens is 227 g/mol. The number of nitrogens with one attached hydrogen (secondary N) is 1. The summed E-state index contributed by atoms with van der Waals surface area (Å²) >= 11 is 0. The van der Waals surface area contributed by atoms with Crippen LogP contribution in [0.5, 0.6) is 0 Å². The van der Waals surface area contributed by atoms with E-state index in [2.05, 4.69) is 11.5 Å². The van der Waals surface area contributed by atoms with Gasteiger partial charge in [0, 0.05) is 0 Å². The van der Waals surface area contributed by atoms with Crippen molar-refractivity contribution < 1.29 is 4.39 Å². The Hall–Kier alpha value is -1.71. The number of halogens is 1. The molecule has 2 rings (SSSR count). The predicted octanol–water partition coefficient (Wildman–Crippen LogP) is 3.00. The molecule has 18 heavy (non-hydrogen) atoms. The normalized spacial score (nSPS) is 12.4. The first-order valence-electron chi connectivity index (χ1n) is 5.90. The van der Waals surface area contributed by atoms with Gasteiger partial charge in [-0.15, -0.1) is 0 Å². The minimum Gasteiger partial charge on any atom is -0.271 e. The van der Waals surface area contributed by atoms with E-state index in [1.54, 1.807) is 6.07 Å². The van der Waals surface area contributed by atoms with Crippen molar-refractivity contribution in [1.29, 1.82) is 0 Å². The molecule has 3 N–H and O–H groups in total. The van der Waals surface area contributed by atoms with Gasteiger partial charge in [0.05, 0.1) is 6.04 Å². The summed E-state index contributed by atoms with van der Waals surface area (Å²) < 4.78 is 13.1. The van der Waals surface area contributed by atoms with Crippen LogP contribution in [0.2, 0.25) is 0 Å². The Labute approximate surface area is 107 Å². The highest BCUT2D eigenvalue weighted by atomic mass is 19.1. The number of hydrazine groups is 1. The van der Waals surface area contributed by atoms with Gasteiger partial charge in [0.1, 0.15) is 5.82 Å². The Balaban J connectivity index is 2.45. The first-order chi connectivity index (χ1) is 8.61. The summed E-state index contributed by atoms with van der Waals surface area (Å²) in [6.07, 6.45) is 0. The van der Waals surface area contributed by atoms with E-state index in [1.165, 1.54) is 17.7 Å². The number of benzene rings is 2. The molecule has 0 aliphatic heterocycles. The molecular formula is C15H17FN2. The van der Waals surface area contributed by atoms with Crippen LogP contribution in [0.15, 0.2) is 42.5 Å². The molecule has 0 bridgehead atoms. The Morgan fingerprint density at radius 2 is 1.89 bits per heavy atom. The summed E-state index contributed by atoms with van der Waals surface area (Å²) in [6, 6.07) is 12.8. The molecule has 0 saturated carbocycles. The van der Waals surface area contributed by atoms with Gasteiger partial charge < -0.3 is 0 Å². The molecule has 0 aromatic heterocycles. The van der Waals surface area contributed by atoms with Gasteiger partial charge in [-0.2, -0.15) is 0 Å². The molecule has 0 fully saturated rings. The van der Waals surface area contributed by atoms with Gasteiger partial charge in [0.15, 0.2) is 0 Å². The van der Waals surface area contributed by atoms with Gasteiger partial charge >= 0.3 is 0 Å². The molecule has 0 radical (unpaired) electrons. The molecule has 1 atom stereocenters. The third-order valence-corrected chi connectivity index (χ3v) is 3.08. The first kappa shape index (κ1) is 12.7. The molecule has 2 aromatic carbocycles. The fraction of sp³-hybridized carbons (Fsp3) is 0.200. The van der Waals surface area contributed by atoms with Crippen LogP contribution in [-0.4, -0.2) is 0 Å². The monoisotopic (exact) mass is 244 g/mol. The zero-order chi connectivity index (χ0) is 13.1. The van der Waals surface area contributed by atoms with Gasteiger partial charge in [-0.25, -0.2) is 9.82 Å². The Kier molecular flexibility index (Phi) is 3.75. The second-order valence-corrected chi connectivity index (χ2v) is 4.51. The fourth-order valence-electron chi connectivity index (χ4n) is 2.18. The zero-order valence-electron chi connectivity index (χ0n) is 10.6. The van der Waals surface area contributed by atoms with E-state index in [4.69, 9.17) is 5.84 Å². The third-order valence-electron chi connectivity index (χ3n) is 3.08. The first-order valence-corrected chi connectivity index (χ1v) is 5.90. The van der Waals surface area contributed by atoms with E-state index in [-0.39, 0.29) is 11.9 Å². The standard InChI is InChI=1S/C15H17FN2/c1-10-4-3-5-12(8-10)15(18-17)14-7-6-13(16)9-11(14)2/h3-9,15,18H,17H2,1-2H3. The van der Waals surface area contributed by atoms with Gasteiger partial charge in [-0.1, -0.05) is 35.9 Å². The van der Waals surface area contributed by atoms with Crippen molar-refractivity contribution >= 4 is 0 Å². The van der Waals surface area contributed by atoms with Crippen molar-refractivity contribution in [2.75, 3.05) is 0 Å². The molecule has 94 valence electrons. The number of aryl methyl sites for hydroxylation is 2. The van der Waals surface area contributed by atoms with Gasteiger partial charge in [-0.05, 0) is 42.7 Å². The third kappa shape index (κ3) is 2.58. The second kappa shape index (κ2) is 5.29. The molecule has 0 aliphatic rings. The van der Waals surface area contributed by atoms with Crippen LogP contribution in [0.4, 0.5) is 4.39 Å². The highest BCUT2D eigenvalue weighted by Crippen LogP contribution is 2.25. The van der Waals surface area contributed by atoms with Crippen molar-refractivity contribution in [2.45, 2.75) is 19.9 Å². The highest BCUT2D eigenvalue weighted by Gasteiger charge is 2.14. The van der Waals surface area contributed by atoms with E-state index in [1.807, 2.05) is 32.0 Å².